The molecule has 0 amide bonds. The summed E-state index contributed by atoms with van der Waals surface area (Å²) in [6.07, 6.45) is 0. The van der Waals surface area contributed by atoms with Gasteiger partial charge in [0.05, 0.1) is 18.8 Å². The predicted molar refractivity (Wildman–Crippen MR) is 73.2 cm³/mol. The molecule has 96 valence electrons. The van der Waals surface area contributed by atoms with E-state index in [1.807, 2.05) is 17.5 Å². The molecule has 1 heterocycles. The monoisotopic (exact) mass is 263 g/mol. The molecule has 0 aliphatic rings. The summed E-state index contributed by atoms with van der Waals surface area (Å²) < 4.78 is 9.18. The molecule has 1 aromatic heterocycles. The van der Waals surface area contributed by atoms with Crippen LogP contribution >= 0.6 is 11.5 Å². The van der Waals surface area contributed by atoms with E-state index in [2.05, 4.69) is 34.8 Å². The number of rotatable bonds is 5. The normalized spacial score (nSPS) is 12.4. The molecule has 5 heteroatoms. The van der Waals surface area contributed by atoms with Crippen molar-refractivity contribution in [2.75, 3.05) is 13.7 Å². The summed E-state index contributed by atoms with van der Waals surface area (Å²) in [5.41, 5.74) is 3.37. The lowest BCUT2D eigenvalue weighted by Crippen LogP contribution is -2.23. The quantitative estimate of drug-likeness (QED) is 0.900. The Morgan fingerprint density at radius 2 is 2.28 bits per heavy atom. The highest BCUT2D eigenvalue weighted by Gasteiger charge is 2.17. The summed E-state index contributed by atoms with van der Waals surface area (Å²) in [5, 5.41) is 9.60. The van der Waals surface area contributed by atoms with E-state index in [4.69, 9.17) is 4.74 Å². The van der Waals surface area contributed by atoms with Crippen molar-refractivity contribution >= 4 is 11.5 Å². The van der Waals surface area contributed by atoms with Gasteiger partial charge in [0.25, 0.3) is 0 Å². The molecule has 1 aromatic carbocycles. The van der Waals surface area contributed by atoms with E-state index < -0.39 is 0 Å². The number of aryl methyl sites for hydroxylation is 1. The minimum atomic E-state index is 0.0969. The first-order chi connectivity index (χ1) is 8.76. The SMILES string of the molecule is CCNC(c1csnn1)c1ccc(OC)cc1C. The van der Waals surface area contributed by atoms with Crippen LogP contribution in [0.4, 0.5) is 0 Å². The molecule has 2 aromatic rings. The number of nitrogens with one attached hydrogen (secondary N) is 1. The van der Waals surface area contributed by atoms with E-state index in [9.17, 15) is 0 Å². The maximum atomic E-state index is 5.23. The lowest BCUT2D eigenvalue weighted by molar-refractivity contribution is 0.414. The molecule has 0 radical (unpaired) electrons. The van der Waals surface area contributed by atoms with Crippen LogP contribution in [-0.2, 0) is 0 Å². The number of ether oxygens (including phenoxy) is 1. The summed E-state index contributed by atoms with van der Waals surface area (Å²) >= 11 is 1.38. The molecular formula is C13H17N3OS. The van der Waals surface area contributed by atoms with Crippen LogP contribution in [0.2, 0.25) is 0 Å². The molecule has 18 heavy (non-hydrogen) atoms. The molecule has 0 aliphatic carbocycles. The van der Waals surface area contributed by atoms with Gasteiger partial charge in [0.15, 0.2) is 0 Å². The maximum Gasteiger partial charge on any atom is 0.119 e. The van der Waals surface area contributed by atoms with E-state index in [-0.39, 0.29) is 6.04 Å². The fraction of sp³-hybridized carbons (Fsp3) is 0.385. The largest absolute Gasteiger partial charge is 0.497 e. The minimum Gasteiger partial charge on any atom is -0.497 e. The summed E-state index contributed by atoms with van der Waals surface area (Å²) in [5.74, 6) is 0.878. The number of methoxy groups -OCH3 is 1. The molecule has 1 N–H and O–H groups in total. The standard InChI is InChI=1S/C13H17N3OS/c1-4-14-13(12-8-18-16-15-12)11-6-5-10(17-3)7-9(11)2/h5-8,13-14H,4H2,1-3H3. The van der Waals surface area contributed by atoms with Gasteiger partial charge in [-0.1, -0.05) is 17.5 Å². The fourth-order valence-corrected chi connectivity index (χ4v) is 2.45. The van der Waals surface area contributed by atoms with Crippen molar-refractivity contribution < 1.29 is 4.74 Å². The molecule has 0 saturated heterocycles. The Labute approximate surface area is 111 Å². The zero-order valence-electron chi connectivity index (χ0n) is 10.8. The first-order valence-electron chi connectivity index (χ1n) is 5.91. The van der Waals surface area contributed by atoms with Crippen LogP contribution in [0, 0.1) is 6.92 Å². The summed E-state index contributed by atoms with van der Waals surface area (Å²) in [4.78, 5) is 0. The van der Waals surface area contributed by atoms with E-state index >= 15 is 0 Å². The molecule has 2 rings (SSSR count). The molecular weight excluding hydrogens is 246 g/mol. The third-order valence-corrected chi connectivity index (χ3v) is 3.39. The highest BCUT2D eigenvalue weighted by Crippen LogP contribution is 2.26. The number of nitrogens with zero attached hydrogens (tertiary/aromatic N) is 2. The highest BCUT2D eigenvalue weighted by molar-refractivity contribution is 7.03. The van der Waals surface area contributed by atoms with Gasteiger partial charge in [0.1, 0.15) is 5.75 Å². The Morgan fingerprint density at radius 1 is 1.44 bits per heavy atom. The smallest absolute Gasteiger partial charge is 0.119 e. The van der Waals surface area contributed by atoms with E-state index in [1.54, 1.807) is 7.11 Å². The number of hydrogen-bond donors (Lipinski definition) is 1. The Hall–Kier alpha value is -1.46. The average Bonchev–Trinajstić information content (AvgIpc) is 2.90. The van der Waals surface area contributed by atoms with Gasteiger partial charge in [-0.05, 0) is 48.3 Å². The van der Waals surface area contributed by atoms with Gasteiger partial charge in [-0.15, -0.1) is 5.10 Å². The molecule has 0 spiro atoms. The van der Waals surface area contributed by atoms with Crippen LogP contribution < -0.4 is 10.1 Å². The second-order valence-electron chi connectivity index (χ2n) is 4.04. The van der Waals surface area contributed by atoms with Gasteiger partial charge in [0.2, 0.25) is 0 Å². The molecule has 0 bridgehead atoms. The minimum absolute atomic E-state index is 0.0969. The van der Waals surface area contributed by atoms with E-state index in [0.29, 0.717) is 0 Å². The van der Waals surface area contributed by atoms with E-state index in [1.165, 1.54) is 22.7 Å². The van der Waals surface area contributed by atoms with Gasteiger partial charge >= 0.3 is 0 Å². The topological polar surface area (TPSA) is 47.0 Å². The Kier molecular flexibility index (Phi) is 4.28. The Bertz CT molecular complexity index is 499. The predicted octanol–water partition coefficient (Wildman–Crippen LogP) is 2.55. The van der Waals surface area contributed by atoms with Crippen LogP contribution in [0.25, 0.3) is 0 Å². The third kappa shape index (κ3) is 2.68. The van der Waals surface area contributed by atoms with Crippen molar-refractivity contribution in [3.05, 3.63) is 40.4 Å². The van der Waals surface area contributed by atoms with Gasteiger partial charge < -0.3 is 10.1 Å². The lowest BCUT2D eigenvalue weighted by atomic mass is 9.99. The molecule has 4 nitrogen and oxygen atoms in total. The summed E-state index contributed by atoms with van der Waals surface area (Å²) in [6, 6.07) is 6.20. The number of aromatic nitrogens is 2. The van der Waals surface area contributed by atoms with Gasteiger partial charge in [-0.25, -0.2) is 0 Å². The van der Waals surface area contributed by atoms with Crippen LogP contribution in [0.15, 0.2) is 23.6 Å². The molecule has 0 saturated carbocycles. The summed E-state index contributed by atoms with van der Waals surface area (Å²) in [6.45, 7) is 5.06. The van der Waals surface area contributed by atoms with Crippen LogP contribution in [0.3, 0.4) is 0 Å². The molecule has 0 aliphatic heterocycles. The second-order valence-corrected chi connectivity index (χ2v) is 4.65. The number of hydrogen-bond acceptors (Lipinski definition) is 5. The molecule has 1 unspecified atom stereocenters. The van der Waals surface area contributed by atoms with Crippen molar-refractivity contribution in [2.45, 2.75) is 19.9 Å². The van der Waals surface area contributed by atoms with E-state index in [0.717, 1.165) is 18.0 Å². The van der Waals surface area contributed by atoms with Gasteiger partial charge in [-0.3, -0.25) is 0 Å². The zero-order chi connectivity index (χ0) is 13.0. The first kappa shape index (κ1) is 13.0. The van der Waals surface area contributed by atoms with Crippen molar-refractivity contribution in [1.82, 2.24) is 14.9 Å². The van der Waals surface area contributed by atoms with Gasteiger partial charge in [0, 0.05) is 5.38 Å². The maximum absolute atomic E-state index is 5.23. The first-order valence-corrected chi connectivity index (χ1v) is 6.74. The third-order valence-electron chi connectivity index (χ3n) is 2.87. The summed E-state index contributed by atoms with van der Waals surface area (Å²) in [7, 11) is 1.68. The Balaban J connectivity index is 2.37. The van der Waals surface area contributed by atoms with Crippen molar-refractivity contribution in [3.8, 4) is 5.75 Å². The Morgan fingerprint density at radius 3 is 2.83 bits per heavy atom. The molecule has 1 atom stereocenters. The number of benzene rings is 1. The van der Waals surface area contributed by atoms with Crippen LogP contribution in [-0.4, -0.2) is 23.2 Å². The fourth-order valence-electron chi connectivity index (χ4n) is 1.97. The van der Waals surface area contributed by atoms with Crippen LogP contribution in [0.1, 0.15) is 29.8 Å². The van der Waals surface area contributed by atoms with Crippen molar-refractivity contribution in [1.29, 1.82) is 0 Å². The second kappa shape index (κ2) is 5.93. The molecule has 0 fully saturated rings. The van der Waals surface area contributed by atoms with Crippen LogP contribution in [0.5, 0.6) is 5.75 Å². The van der Waals surface area contributed by atoms with Crippen molar-refractivity contribution in [3.63, 3.8) is 0 Å². The highest BCUT2D eigenvalue weighted by atomic mass is 32.1. The van der Waals surface area contributed by atoms with Crippen molar-refractivity contribution in [2.24, 2.45) is 0 Å². The zero-order valence-corrected chi connectivity index (χ0v) is 11.6. The van der Waals surface area contributed by atoms with Gasteiger partial charge in [-0.2, -0.15) is 0 Å². The lowest BCUT2D eigenvalue weighted by Gasteiger charge is -2.18. The average molecular weight is 263 g/mol.